The van der Waals surface area contributed by atoms with Gasteiger partial charge in [0.1, 0.15) is 0 Å². The van der Waals surface area contributed by atoms with E-state index in [4.69, 9.17) is 5.14 Å². The summed E-state index contributed by atoms with van der Waals surface area (Å²) in [5, 5.41) is 5.10. The first-order valence-electron chi connectivity index (χ1n) is 5.70. The lowest BCUT2D eigenvalue weighted by Crippen LogP contribution is -2.50. The number of nitrogens with two attached hydrogens (primary N) is 1. The Morgan fingerprint density at radius 3 is 2.33 bits per heavy atom. The Bertz CT molecular complexity index is 513. The highest BCUT2D eigenvalue weighted by atomic mass is 79.9. The van der Waals surface area contributed by atoms with Gasteiger partial charge in [-0.2, -0.15) is 12.7 Å². The van der Waals surface area contributed by atoms with Gasteiger partial charge in [-0.05, 0) is 11.6 Å². The minimum atomic E-state index is -3.53. The minimum Gasteiger partial charge on any atom is -0.296 e. The van der Waals surface area contributed by atoms with Crippen molar-refractivity contribution >= 4 is 26.1 Å². The van der Waals surface area contributed by atoms with Crippen LogP contribution in [-0.2, 0) is 16.8 Å². The number of halogens is 1. The van der Waals surface area contributed by atoms with Gasteiger partial charge in [0, 0.05) is 37.2 Å². The van der Waals surface area contributed by atoms with Crippen molar-refractivity contribution < 1.29 is 8.42 Å². The largest absolute Gasteiger partial charge is 0.296 e. The van der Waals surface area contributed by atoms with Crippen molar-refractivity contribution in [2.45, 2.75) is 6.54 Å². The van der Waals surface area contributed by atoms with Gasteiger partial charge in [0.25, 0.3) is 10.2 Å². The molecule has 0 atom stereocenters. The molecule has 1 heterocycles. The second-order valence-electron chi connectivity index (χ2n) is 4.31. The van der Waals surface area contributed by atoms with Crippen LogP contribution in [0.3, 0.4) is 0 Å². The highest BCUT2D eigenvalue weighted by Crippen LogP contribution is 2.18. The third-order valence-corrected chi connectivity index (χ3v) is 4.90. The molecule has 1 aromatic carbocycles. The SMILES string of the molecule is NS(=O)(=O)N1CCN(Cc2ccccc2Br)CC1. The van der Waals surface area contributed by atoms with Crippen molar-refractivity contribution in [2.24, 2.45) is 5.14 Å². The molecule has 0 unspecified atom stereocenters. The van der Waals surface area contributed by atoms with Crippen LogP contribution in [0.1, 0.15) is 5.56 Å². The summed E-state index contributed by atoms with van der Waals surface area (Å²) in [6.45, 7) is 3.15. The van der Waals surface area contributed by atoms with E-state index >= 15 is 0 Å². The van der Waals surface area contributed by atoms with Gasteiger partial charge in [-0.25, -0.2) is 5.14 Å². The number of benzene rings is 1. The highest BCUT2D eigenvalue weighted by Gasteiger charge is 2.23. The molecule has 1 fully saturated rings. The lowest BCUT2D eigenvalue weighted by atomic mass is 10.2. The molecule has 0 aromatic heterocycles. The Kier molecular flexibility index (Phi) is 4.39. The standard InChI is InChI=1S/C11H16BrN3O2S/c12-11-4-2-1-3-10(11)9-14-5-7-15(8-6-14)18(13,16)17/h1-4H,5-9H2,(H2,13,16,17). The van der Waals surface area contributed by atoms with Gasteiger partial charge in [0.15, 0.2) is 0 Å². The molecule has 100 valence electrons. The van der Waals surface area contributed by atoms with Crippen molar-refractivity contribution in [1.29, 1.82) is 0 Å². The molecule has 0 aliphatic carbocycles. The summed E-state index contributed by atoms with van der Waals surface area (Å²) in [7, 11) is -3.53. The van der Waals surface area contributed by atoms with E-state index < -0.39 is 10.2 Å². The molecular formula is C11H16BrN3O2S. The summed E-state index contributed by atoms with van der Waals surface area (Å²) in [5.74, 6) is 0. The highest BCUT2D eigenvalue weighted by molar-refractivity contribution is 9.10. The average Bonchev–Trinajstić information content (AvgIpc) is 2.32. The van der Waals surface area contributed by atoms with Crippen molar-refractivity contribution in [2.75, 3.05) is 26.2 Å². The molecule has 0 amide bonds. The van der Waals surface area contributed by atoms with Crippen LogP contribution in [0.2, 0.25) is 0 Å². The number of nitrogens with zero attached hydrogens (tertiary/aromatic N) is 2. The Balaban J connectivity index is 1.94. The predicted octanol–water partition coefficient (Wildman–Crippen LogP) is 0.770. The fourth-order valence-corrected chi connectivity index (χ4v) is 3.09. The molecule has 1 aromatic rings. The Morgan fingerprint density at radius 2 is 1.78 bits per heavy atom. The van der Waals surface area contributed by atoms with Gasteiger partial charge < -0.3 is 0 Å². The molecule has 5 nitrogen and oxygen atoms in total. The van der Waals surface area contributed by atoms with Crippen LogP contribution < -0.4 is 5.14 Å². The summed E-state index contributed by atoms with van der Waals surface area (Å²) in [6.07, 6.45) is 0. The van der Waals surface area contributed by atoms with Gasteiger partial charge in [-0.1, -0.05) is 34.1 Å². The van der Waals surface area contributed by atoms with E-state index in [-0.39, 0.29) is 0 Å². The maximum atomic E-state index is 11.2. The zero-order chi connectivity index (χ0) is 13.2. The molecule has 0 radical (unpaired) electrons. The van der Waals surface area contributed by atoms with Crippen LogP contribution in [0, 0.1) is 0 Å². The lowest BCUT2D eigenvalue weighted by molar-refractivity contribution is 0.181. The Hall–Kier alpha value is -0.470. The first kappa shape index (κ1) is 14.0. The molecule has 1 aliphatic rings. The Morgan fingerprint density at radius 1 is 1.17 bits per heavy atom. The molecule has 1 aliphatic heterocycles. The fourth-order valence-electron chi connectivity index (χ4n) is 2.01. The quantitative estimate of drug-likeness (QED) is 0.888. The molecule has 2 N–H and O–H groups in total. The normalized spacial score (nSPS) is 19.0. The molecule has 0 bridgehead atoms. The summed E-state index contributed by atoms with van der Waals surface area (Å²) < 4.78 is 24.8. The van der Waals surface area contributed by atoms with Crippen molar-refractivity contribution in [1.82, 2.24) is 9.21 Å². The predicted molar refractivity (Wildman–Crippen MR) is 74.1 cm³/mol. The maximum absolute atomic E-state index is 11.2. The monoisotopic (exact) mass is 333 g/mol. The number of hydrogen-bond donors (Lipinski definition) is 1. The molecular weight excluding hydrogens is 318 g/mol. The molecule has 0 saturated carbocycles. The molecule has 0 spiro atoms. The van der Waals surface area contributed by atoms with Gasteiger partial charge >= 0.3 is 0 Å². The van der Waals surface area contributed by atoms with Gasteiger partial charge in [-0.15, -0.1) is 0 Å². The van der Waals surface area contributed by atoms with E-state index in [1.807, 2.05) is 18.2 Å². The zero-order valence-electron chi connectivity index (χ0n) is 9.92. The topological polar surface area (TPSA) is 66.6 Å². The van der Waals surface area contributed by atoms with Crippen LogP contribution in [0.25, 0.3) is 0 Å². The van der Waals surface area contributed by atoms with E-state index in [1.165, 1.54) is 9.87 Å². The summed E-state index contributed by atoms with van der Waals surface area (Å²) >= 11 is 3.51. The fraction of sp³-hybridized carbons (Fsp3) is 0.455. The lowest BCUT2D eigenvalue weighted by Gasteiger charge is -2.33. The molecule has 1 saturated heterocycles. The van der Waals surface area contributed by atoms with E-state index in [2.05, 4.69) is 26.9 Å². The second kappa shape index (κ2) is 5.66. The zero-order valence-corrected chi connectivity index (χ0v) is 12.3. The van der Waals surface area contributed by atoms with E-state index in [0.717, 1.165) is 11.0 Å². The van der Waals surface area contributed by atoms with Crippen LogP contribution in [-0.4, -0.2) is 43.8 Å². The van der Waals surface area contributed by atoms with Crippen LogP contribution >= 0.6 is 15.9 Å². The van der Waals surface area contributed by atoms with Gasteiger partial charge in [0.05, 0.1) is 0 Å². The summed E-state index contributed by atoms with van der Waals surface area (Å²) in [6, 6.07) is 8.05. The third kappa shape index (κ3) is 3.52. The van der Waals surface area contributed by atoms with Gasteiger partial charge in [0.2, 0.25) is 0 Å². The average molecular weight is 334 g/mol. The number of rotatable bonds is 3. The van der Waals surface area contributed by atoms with E-state index in [1.54, 1.807) is 0 Å². The van der Waals surface area contributed by atoms with Crippen molar-refractivity contribution in [3.63, 3.8) is 0 Å². The van der Waals surface area contributed by atoms with Crippen LogP contribution in [0.5, 0.6) is 0 Å². The molecule has 2 rings (SSSR count). The second-order valence-corrected chi connectivity index (χ2v) is 6.71. The third-order valence-electron chi connectivity index (χ3n) is 3.04. The van der Waals surface area contributed by atoms with Crippen LogP contribution in [0.15, 0.2) is 28.7 Å². The summed E-state index contributed by atoms with van der Waals surface area (Å²) in [4.78, 5) is 2.22. The van der Waals surface area contributed by atoms with Crippen molar-refractivity contribution in [3.05, 3.63) is 34.3 Å². The maximum Gasteiger partial charge on any atom is 0.276 e. The van der Waals surface area contributed by atoms with Crippen LogP contribution in [0.4, 0.5) is 0 Å². The summed E-state index contributed by atoms with van der Waals surface area (Å²) in [5.41, 5.74) is 1.21. The van der Waals surface area contributed by atoms with E-state index in [9.17, 15) is 8.42 Å². The molecule has 18 heavy (non-hydrogen) atoms. The minimum absolute atomic E-state index is 0.462. The molecule has 7 heteroatoms. The smallest absolute Gasteiger partial charge is 0.276 e. The Labute approximate surface area is 116 Å². The number of hydrogen-bond acceptors (Lipinski definition) is 3. The first-order valence-corrected chi connectivity index (χ1v) is 8.00. The van der Waals surface area contributed by atoms with Gasteiger partial charge in [-0.3, -0.25) is 4.90 Å². The number of piperazine rings is 1. The van der Waals surface area contributed by atoms with Crippen molar-refractivity contribution in [3.8, 4) is 0 Å². The first-order chi connectivity index (χ1) is 8.47. The van der Waals surface area contributed by atoms with E-state index in [0.29, 0.717) is 26.2 Å².